The Bertz CT molecular complexity index is 513. The van der Waals surface area contributed by atoms with E-state index in [0.29, 0.717) is 0 Å². The van der Waals surface area contributed by atoms with Crippen LogP contribution in [0.5, 0.6) is 0 Å². The molecular formula is C12H16N2O4. The van der Waals surface area contributed by atoms with Crippen LogP contribution in [-0.4, -0.2) is 28.0 Å². The molecule has 0 saturated heterocycles. The number of hydrogen-bond donors (Lipinski definition) is 3. The predicted molar refractivity (Wildman–Crippen MR) is 65.4 cm³/mol. The third-order valence-corrected chi connectivity index (χ3v) is 2.43. The molecule has 1 aromatic rings. The van der Waals surface area contributed by atoms with Crippen LogP contribution in [0.1, 0.15) is 31.1 Å². The van der Waals surface area contributed by atoms with Crippen molar-refractivity contribution < 1.29 is 14.7 Å². The fourth-order valence-electron chi connectivity index (χ4n) is 1.45. The molecule has 0 fully saturated rings. The largest absolute Gasteiger partial charge is 0.480 e. The number of pyridine rings is 1. The average Bonchev–Trinajstić information content (AvgIpc) is 2.23. The molecule has 0 aliphatic rings. The molecule has 3 N–H and O–H groups in total. The summed E-state index contributed by atoms with van der Waals surface area (Å²) in [6.45, 7) is 5.14. The van der Waals surface area contributed by atoms with Crippen molar-refractivity contribution in [2.75, 3.05) is 0 Å². The second-order valence-corrected chi connectivity index (χ2v) is 5.05. The number of carboxylic acid groups (broad SMARTS) is 1. The monoisotopic (exact) mass is 252 g/mol. The Kier molecular flexibility index (Phi) is 3.90. The summed E-state index contributed by atoms with van der Waals surface area (Å²) < 4.78 is 0. The zero-order valence-electron chi connectivity index (χ0n) is 10.5. The van der Waals surface area contributed by atoms with Crippen LogP contribution in [-0.2, 0) is 4.79 Å². The molecule has 98 valence electrons. The summed E-state index contributed by atoms with van der Waals surface area (Å²) in [5.74, 6) is -1.69. The fraction of sp³-hybridized carbons (Fsp3) is 0.417. The van der Waals surface area contributed by atoms with Crippen LogP contribution in [0.2, 0.25) is 0 Å². The highest BCUT2D eigenvalue weighted by molar-refractivity contribution is 5.96. The third-order valence-electron chi connectivity index (χ3n) is 2.43. The second-order valence-electron chi connectivity index (χ2n) is 5.05. The molecule has 0 radical (unpaired) electrons. The first kappa shape index (κ1) is 14.0. The molecule has 0 bridgehead atoms. The summed E-state index contributed by atoms with van der Waals surface area (Å²) in [6, 6.07) is 1.51. The molecule has 1 atom stereocenters. The van der Waals surface area contributed by atoms with Crippen LogP contribution >= 0.6 is 0 Å². The Balaban J connectivity index is 2.93. The zero-order chi connectivity index (χ0) is 13.9. The number of carbonyl (C=O) groups excluding carboxylic acids is 1. The van der Waals surface area contributed by atoms with E-state index in [-0.39, 0.29) is 5.56 Å². The summed E-state index contributed by atoms with van der Waals surface area (Å²) >= 11 is 0. The lowest BCUT2D eigenvalue weighted by molar-refractivity contribution is -0.142. The van der Waals surface area contributed by atoms with E-state index in [1.54, 1.807) is 20.8 Å². The quantitative estimate of drug-likeness (QED) is 0.733. The van der Waals surface area contributed by atoms with Crippen LogP contribution in [0, 0.1) is 5.41 Å². The number of nitrogens with one attached hydrogen (secondary N) is 2. The maximum atomic E-state index is 11.8. The molecule has 0 aliphatic heterocycles. The zero-order valence-corrected chi connectivity index (χ0v) is 10.5. The van der Waals surface area contributed by atoms with E-state index >= 15 is 0 Å². The lowest BCUT2D eigenvalue weighted by Gasteiger charge is -2.27. The number of aromatic nitrogens is 1. The normalized spacial score (nSPS) is 12.8. The second kappa shape index (κ2) is 5.03. The van der Waals surface area contributed by atoms with Crippen molar-refractivity contribution in [3.8, 4) is 0 Å². The van der Waals surface area contributed by atoms with Crippen molar-refractivity contribution in [1.29, 1.82) is 0 Å². The van der Waals surface area contributed by atoms with E-state index in [9.17, 15) is 14.4 Å². The topological polar surface area (TPSA) is 99.3 Å². The third kappa shape index (κ3) is 3.44. The van der Waals surface area contributed by atoms with Gasteiger partial charge in [-0.05, 0) is 11.5 Å². The molecular weight excluding hydrogens is 236 g/mol. The van der Waals surface area contributed by atoms with Crippen molar-refractivity contribution in [1.82, 2.24) is 10.3 Å². The maximum absolute atomic E-state index is 11.8. The van der Waals surface area contributed by atoms with Gasteiger partial charge in [-0.15, -0.1) is 0 Å². The minimum Gasteiger partial charge on any atom is -0.480 e. The van der Waals surface area contributed by atoms with Crippen molar-refractivity contribution in [3.05, 3.63) is 34.2 Å². The molecule has 0 unspecified atom stereocenters. The summed E-state index contributed by atoms with van der Waals surface area (Å²) in [7, 11) is 0. The van der Waals surface area contributed by atoms with Gasteiger partial charge in [0.2, 0.25) is 5.56 Å². The first-order chi connectivity index (χ1) is 8.21. The van der Waals surface area contributed by atoms with Gasteiger partial charge in [0, 0.05) is 17.8 Å². The number of hydrogen-bond acceptors (Lipinski definition) is 3. The number of carbonyl (C=O) groups is 2. The predicted octanol–water partition coefficient (Wildman–Crippen LogP) is 0.604. The van der Waals surface area contributed by atoms with E-state index in [4.69, 9.17) is 5.11 Å². The van der Waals surface area contributed by atoms with Crippen molar-refractivity contribution in [3.63, 3.8) is 0 Å². The van der Waals surface area contributed by atoms with Gasteiger partial charge in [0.1, 0.15) is 6.04 Å². The van der Waals surface area contributed by atoms with Crippen molar-refractivity contribution in [2.45, 2.75) is 26.8 Å². The molecule has 1 aromatic heterocycles. The minimum atomic E-state index is -1.11. The highest BCUT2D eigenvalue weighted by Gasteiger charge is 2.32. The van der Waals surface area contributed by atoms with Crippen molar-refractivity contribution in [2.24, 2.45) is 5.41 Å². The Morgan fingerprint density at radius 2 is 2.00 bits per heavy atom. The lowest BCUT2D eigenvalue weighted by atomic mass is 9.86. The van der Waals surface area contributed by atoms with Gasteiger partial charge in [-0.2, -0.15) is 0 Å². The highest BCUT2D eigenvalue weighted by atomic mass is 16.4. The van der Waals surface area contributed by atoms with E-state index < -0.39 is 28.9 Å². The molecule has 0 spiro atoms. The fourth-order valence-corrected chi connectivity index (χ4v) is 1.45. The average molecular weight is 252 g/mol. The van der Waals surface area contributed by atoms with Crippen LogP contribution in [0.15, 0.2) is 23.1 Å². The Hall–Kier alpha value is -2.11. The number of rotatable bonds is 3. The minimum absolute atomic E-state index is 0.134. The standard InChI is InChI=1S/C12H16N2O4/c1-12(2,3)9(11(17)18)14-10(16)7-4-5-13-8(15)6-7/h4-6,9H,1-3H3,(H,13,15)(H,14,16)(H,17,18)/t9-/m0/s1. The van der Waals surface area contributed by atoms with E-state index in [1.807, 2.05) is 0 Å². The molecule has 1 rings (SSSR count). The van der Waals surface area contributed by atoms with Crippen LogP contribution in [0.25, 0.3) is 0 Å². The van der Waals surface area contributed by atoms with Gasteiger partial charge in [0.25, 0.3) is 5.91 Å². The van der Waals surface area contributed by atoms with Gasteiger partial charge in [-0.1, -0.05) is 20.8 Å². The maximum Gasteiger partial charge on any atom is 0.326 e. The number of carboxylic acids is 1. The van der Waals surface area contributed by atoms with Crippen molar-refractivity contribution >= 4 is 11.9 Å². The van der Waals surface area contributed by atoms with Gasteiger partial charge in [0.05, 0.1) is 0 Å². The van der Waals surface area contributed by atoms with E-state index in [0.717, 1.165) is 6.07 Å². The van der Waals surface area contributed by atoms with Crippen LogP contribution in [0.3, 0.4) is 0 Å². The summed E-state index contributed by atoms with van der Waals surface area (Å²) in [6.07, 6.45) is 1.34. The molecule has 6 heteroatoms. The molecule has 1 heterocycles. The first-order valence-corrected chi connectivity index (χ1v) is 5.44. The molecule has 0 aromatic carbocycles. The van der Waals surface area contributed by atoms with Crippen LogP contribution < -0.4 is 10.9 Å². The van der Waals surface area contributed by atoms with E-state index in [2.05, 4.69) is 10.3 Å². The first-order valence-electron chi connectivity index (χ1n) is 5.44. The van der Waals surface area contributed by atoms with Gasteiger partial charge >= 0.3 is 5.97 Å². The van der Waals surface area contributed by atoms with Gasteiger partial charge in [0.15, 0.2) is 0 Å². The lowest BCUT2D eigenvalue weighted by Crippen LogP contribution is -2.49. The molecule has 6 nitrogen and oxygen atoms in total. The van der Waals surface area contributed by atoms with Gasteiger partial charge in [-0.25, -0.2) is 4.79 Å². The molecule has 18 heavy (non-hydrogen) atoms. The smallest absolute Gasteiger partial charge is 0.326 e. The summed E-state index contributed by atoms with van der Waals surface area (Å²) in [5, 5.41) is 11.5. The van der Waals surface area contributed by atoms with Gasteiger partial charge < -0.3 is 15.4 Å². The van der Waals surface area contributed by atoms with Crippen LogP contribution in [0.4, 0.5) is 0 Å². The Labute approximate surface area is 104 Å². The number of aliphatic carboxylic acids is 1. The molecule has 1 amide bonds. The number of aromatic amines is 1. The Morgan fingerprint density at radius 3 is 2.44 bits per heavy atom. The number of H-pyrrole nitrogens is 1. The molecule has 0 saturated carbocycles. The summed E-state index contributed by atoms with van der Waals surface area (Å²) in [5.41, 5.74) is -0.901. The molecule has 0 aliphatic carbocycles. The van der Waals surface area contributed by atoms with Gasteiger partial charge in [-0.3, -0.25) is 9.59 Å². The number of amides is 1. The highest BCUT2D eigenvalue weighted by Crippen LogP contribution is 2.19. The van der Waals surface area contributed by atoms with E-state index in [1.165, 1.54) is 12.3 Å². The Morgan fingerprint density at radius 1 is 1.39 bits per heavy atom. The SMILES string of the molecule is CC(C)(C)[C@@H](NC(=O)c1cc[nH]c(=O)c1)C(=O)O. The summed E-state index contributed by atoms with van der Waals surface area (Å²) in [4.78, 5) is 36.4.